The van der Waals surface area contributed by atoms with Gasteiger partial charge in [-0.25, -0.2) is 8.78 Å². The van der Waals surface area contributed by atoms with Gasteiger partial charge in [-0.05, 0) is 61.4 Å². The minimum absolute atomic E-state index is 0.102. The first kappa shape index (κ1) is 28.6. The highest BCUT2D eigenvalue weighted by atomic mass is 35.5. The van der Waals surface area contributed by atoms with Gasteiger partial charge in [0, 0.05) is 40.8 Å². The van der Waals surface area contributed by atoms with Gasteiger partial charge in [-0.2, -0.15) is 5.06 Å². The molecule has 6 nitrogen and oxygen atoms in total. The highest BCUT2D eigenvalue weighted by molar-refractivity contribution is 6.30. The maximum absolute atomic E-state index is 17.4. The van der Waals surface area contributed by atoms with Crippen molar-refractivity contribution in [3.63, 3.8) is 0 Å². The van der Waals surface area contributed by atoms with E-state index in [9.17, 15) is 19.8 Å². The van der Waals surface area contributed by atoms with Gasteiger partial charge in [-0.15, -0.1) is 0 Å². The van der Waals surface area contributed by atoms with Crippen molar-refractivity contribution in [2.75, 3.05) is 13.2 Å². The van der Waals surface area contributed by atoms with Crippen LogP contribution in [-0.4, -0.2) is 63.5 Å². The fraction of sp³-hybridized carbons (Fsp3) is 0.600. The first-order valence-electron chi connectivity index (χ1n) is 13.5. The molecule has 212 valence electrons. The molecule has 1 saturated heterocycles. The second-order valence-corrected chi connectivity index (χ2v) is 12.7. The van der Waals surface area contributed by atoms with Crippen LogP contribution in [0.3, 0.4) is 0 Å². The lowest BCUT2D eigenvalue weighted by molar-refractivity contribution is -0.274. The molecule has 0 aromatic heterocycles. The van der Waals surface area contributed by atoms with Gasteiger partial charge in [0.25, 0.3) is 0 Å². The molecule has 1 aromatic rings. The van der Waals surface area contributed by atoms with E-state index in [4.69, 9.17) is 16.4 Å². The summed E-state index contributed by atoms with van der Waals surface area (Å²) >= 11 is 6.15. The fourth-order valence-corrected chi connectivity index (χ4v) is 8.85. The number of ketones is 2. The van der Waals surface area contributed by atoms with Crippen LogP contribution in [0, 0.1) is 28.6 Å². The number of allylic oxidation sites excluding steroid dienone is 3. The van der Waals surface area contributed by atoms with Crippen LogP contribution in [0.15, 0.2) is 49.1 Å². The Kier molecular flexibility index (Phi) is 7.20. The number of aliphatic hydroxyl groups excluding tert-OH is 2. The third-order valence-corrected chi connectivity index (χ3v) is 10.5. The second-order valence-electron chi connectivity index (χ2n) is 12.3. The average Bonchev–Trinajstić information content (AvgIpc) is 3.36. The number of fused-ring (bicyclic) bond motifs is 5. The molecule has 4 fully saturated rings. The lowest BCUT2D eigenvalue weighted by atomic mass is 9.45. The van der Waals surface area contributed by atoms with Crippen LogP contribution in [0.1, 0.15) is 45.1 Å². The molecule has 0 bridgehead atoms. The summed E-state index contributed by atoms with van der Waals surface area (Å²) in [7, 11) is 0. The average molecular weight is 564 g/mol. The summed E-state index contributed by atoms with van der Waals surface area (Å²) in [5.41, 5.74) is -5.33. The van der Waals surface area contributed by atoms with Crippen LogP contribution in [0.25, 0.3) is 0 Å². The van der Waals surface area contributed by atoms with Crippen molar-refractivity contribution in [2.45, 2.75) is 69.6 Å². The summed E-state index contributed by atoms with van der Waals surface area (Å²) in [6, 6.07) is 7.29. The van der Waals surface area contributed by atoms with E-state index in [0.29, 0.717) is 24.5 Å². The number of carbonyl (C=O) groups is 2. The Morgan fingerprint density at radius 2 is 2.00 bits per heavy atom. The van der Waals surface area contributed by atoms with Crippen LogP contribution in [0.5, 0.6) is 0 Å². The molecule has 1 aromatic carbocycles. The van der Waals surface area contributed by atoms with E-state index in [-0.39, 0.29) is 25.2 Å². The third-order valence-electron chi connectivity index (χ3n) is 10.3. The number of carbonyl (C=O) groups excluding carboxylic acids is 2. The van der Waals surface area contributed by atoms with Crippen molar-refractivity contribution in [1.82, 2.24) is 5.06 Å². The Hall–Kier alpha value is -1.97. The Balaban J connectivity index is 1.53. The van der Waals surface area contributed by atoms with Gasteiger partial charge in [0.15, 0.2) is 17.2 Å². The summed E-state index contributed by atoms with van der Waals surface area (Å²) in [5, 5.41) is 23.9. The van der Waals surface area contributed by atoms with Crippen molar-refractivity contribution < 1.29 is 33.4 Å². The van der Waals surface area contributed by atoms with E-state index in [1.165, 1.54) is 12.2 Å². The number of alkyl halides is 2. The van der Waals surface area contributed by atoms with Crippen LogP contribution in [0.2, 0.25) is 5.02 Å². The largest absolute Gasteiger partial charge is 0.390 e. The zero-order valence-electron chi connectivity index (χ0n) is 22.3. The molecule has 0 radical (unpaired) electrons. The van der Waals surface area contributed by atoms with Crippen molar-refractivity contribution >= 4 is 23.2 Å². The minimum atomic E-state index is -2.22. The summed E-state index contributed by atoms with van der Waals surface area (Å²) in [6.45, 7) is 6.75. The number of hydrogen-bond acceptors (Lipinski definition) is 6. The molecule has 1 aliphatic heterocycles. The number of hydrogen-bond donors (Lipinski definition) is 2. The van der Waals surface area contributed by atoms with Gasteiger partial charge in [-0.1, -0.05) is 50.2 Å². The maximum atomic E-state index is 17.4. The van der Waals surface area contributed by atoms with Crippen molar-refractivity contribution in [3.05, 3.63) is 59.7 Å². The Labute approximate surface area is 232 Å². The zero-order chi connectivity index (χ0) is 28.4. The highest BCUT2D eigenvalue weighted by Gasteiger charge is 2.78. The van der Waals surface area contributed by atoms with Crippen LogP contribution >= 0.6 is 11.6 Å². The predicted octanol–water partition coefficient (Wildman–Crippen LogP) is 4.57. The van der Waals surface area contributed by atoms with E-state index in [0.717, 1.165) is 11.6 Å². The molecule has 9 atom stereocenters. The zero-order valence-corrected chi connectivity index (χ0v) is 23.0. The molecule has 2 N–H and O–H groups in total. The SMILES string of the molecule is C=CC(=O)/C=C\[C@@]1(C)C[C@@H](F)C[C@H]2[C@@H]3C[C@H]4CN(Cc5cccc(Cl)c5)O[C@@]4(C(=O)CO)[C@@]3(C)C[C@H](O)[C@@]21F. The van der Waals surface area contributed by atoms with Gasteiger partial charge in [0.1, 0.15) is 18.4 Å². The monoisotopic (exact) mass is 563 g/mol. The fourth-order valence-electron chi connectivity index (χ4n) is 8.64. The molecular formula is C30H36ClF2NO5. The standard InChI is InChI=1S/C30H36ClF2NO5/c1-4-22(36)8-9-27(2)13-21(32)12-24-23-11-19-16-34(15-18-6-5-7-20(31)10-18)39-30(19,26(38)17-35)28(23,3)14-25(37)29(24,27)33/h4-10,19,21,23-25,35,37H,1,11-17H2,2-3H3/b9-8-/t19-,21-,23-,24-,25-,27-,28-,29-,30-/m0/s1. The first-order chi connectivity index (χ1) is 18.3. The quantitative estimate of drug-likeness (QED) is 0.473. The Morgan fingerprint density at radius 1 is 1.26 bits per heavy atom. The van der Waals surface area contributed by atoms with E-state index < -0.39 is 64.4 Å². The number of halogens is 3. The van der Waals surface area contributed by atoms with Crippen LogP contribution < -0.4 is 0 Å². The van der Waals surface area contributed by atoms with E-state index >= 15 is 8.78 Å². The predicted molar refractivity (Wildman–Crippen MR) is 142 cm³/mol. The molecule has 0 amide bonds. The molecule has 9 heteroatoms. The molecule has 1 heterocycles. The summed E-state index contributed by atoms with van der Waals surface area (Å²) in [4.78, 5) is 32.0. The number of hydroxylamine groups is 2. The molecule has 39 heavy (non-hydrogen) atoms. The lowest BCUT2D eigenvalue weighted by Gasteiger charge is -2.62. The van der Waals surface area contributed by atoms with Gasteiger partial charge >= 0.3 is 0 Å². The van der Waals surface area contributed by atoms with Gasteiger partial charge < -0.3 is 10.2 Å². The minimum Gasteiger partial charge on any atom is -0.390 e. The maximum Gasteiger partial charge on any atom is 0.192 e. The van der Waals surface area contributed by atoms with Crippen molar-refractivity contribution in [1.29, 1.82) is 0 Å². The molecule has 3 aliphatic carbocycles. The lowest BCUT2D eigenvalue weighted by Crippen LogP contribution is -2.70. The summed E-state index contributed by atoms with van der Waals surface area (Å²) in [5.74, 6) is -2.73. The number of aliphatic hydroxyl groups is 2. The number of benzene rings is 1. The van der Waals surface area contributed by atoms with E-state index in [1.807, 2.05) is 19.1 Å². The molecule has 0 unspecified atom stereocenters. The smallest absolute Gasteiger partial charge is 0.192 e. The topological polar surface area (TPSA) is 87.1 Å². The first-order valence-corrected chi connectivity index (χ1v) is 13.9. The summed E-state index contributed by atoms with van der Waals surface area (Å²) in [6.07, 6.45) is 0.787. The van der Waals surface area contributed by atoms with E-state index in [1.54, 1.807) is 24.1 Å². The molecule has 5 rings (SSSR count). The van der Waals surface area contributed by atoms with Crippen LogP contribution in [-0.2, 0) is 21.0 Å². The van der Waals surface area contributed by atoms with Crippen molar-refractivity contribution in [2.24, 2.45) is 28.6 Å². The number of rotatable bonds is 7. The van der Waals surface area contributed by atoms with Crippen molar-refractivity contribution in [3.8, 4) is 0 Å². The Bertz CT molecular complexity index is 1210. The van der Waals surface area contributed by atoms with Gasteiger partial charge in [-0.3, -0.25) is 14.4 Å². The second kappa shape index (κ2) is 9.84. The van der Waals surface area contributed by atoms with Gasteiger partial charge in [0.2, 0.25) is 0 Å². The number of nitrogens with zero attached hydrogens (tertiary/aromatic N) is 1. The highest BCUT2D eigenvalue weighted by Crippen LogP contribution is 2.71. The number of Topliss-reactive ketones (excluding diaryl/α,β-unsaturated/α-hetero) is 1. The summed E-state index contributed by atoms with van der Waals surface area (Å²) < 4.78 is 32.7. The Morgan fingerprint density at radius 3 is 2.67 bits per heavy atom. The molecule has 4 aliphatic rings. The molecular weight excluding hydrogens is 528 g/mol. The van der Waals surface area contributed by atoms with E-state index in [2.05, 4.69) is 6.58 Å². The normalized spacial score (nSPS) is 43.6. The molecule has 0 spiro atoms. The van der Waals surface area contributed by atoms with Gasteiger partial charge in [0.05, 0.1) is 6.10 Å². The van der Waals surface area contributed by atoms with Crippen LogP contribution in [0.4, 0.5) is 8.78 Å². The third kappa shape index (κ3) is 4.09. The molecule has 3 saturated carbocycles.